The molecule has 1 N–H and O–H groups in total. The van der Waals surface area contributed by atoms with Gasteiger partial charge in [-0.2, -0.15) is 4.98 Å². The van der Waals surface area contributed by atoms with E-state index < -0.39 is 0 Å². The lowest BCUT2D eigenvalue weighted by Gasteiger charge is -2.10. The maximum absolute atomic E-state index is 12.9. The number of halogens is 1. The fourth-order valence-corrected chi connectivity index (χ4v) is 2.55. The predicted octanol–water partition coefficient (Wildman–Crippen LogP) is 2.62. The zero-order chi connectivity index (χ0) is 17.3. The van der Waals surface area contributed by atoms with Crippen molar-refractivity contribution in [3.63, 3.8) is 0 Å². The van der Waals surface area contributed by atoms with Crippen LogP contribution in [0, 0.1) is 19.7 Å². The van der Waals surface area contributed by atoms with Crippen molar-refractivity contribution in [3.05, 3.63) is 52.9 Å². The van der Waals surface area contributed by atoms with Crippen LogP contribution in [0.4, 0.5) is 10.1 Å². The van der Waals surface area contributed by atoms with E-state index in [4.69, 9.17) is 0 Å². The fourth-order valence-electron chi connectivity index (χ4n) is 2.55. The summed E-state index contributed by atoms with van der Waals surface area (Å²) in [6.07, 6.45) is 0.890. The molecular formula is C17H18FN5O. The number of fused-ring (bicyclic) bond motifs is 1. The summed E-state index contributed by atoms with van der Waals surface area (Å²) in [4.78, 5) is 21.1. The molecule has 2 aromatic heterocycles. The Labute approximate surface area is 138 Å². The number of benzene rings is 1. The van der Waals surface area contributed by atoms with Crippen molar-refractivity contribution in [1.82, 2.24) is 19.6 Å². The second-order valence-corrected chi connectivity index (χ2v) is 5.59. The van der Waals surface area contributed by atoms with E-state index in [-0.39, 0.29) is 18.1 Å². The van der Waals surface area contributed by atoms with E-state index in [0.717, 1.165) is 29.2 Å². The lowest BCUT2D eigenvalue weighted by molar-refractivity contribution is -0.115. The number of carbonyl (C=O) groups excluding carboxylic acids is 1. The first kappa shape index (κ1) is 16.0. The summed E-state index contributed by atoms with van der Waals surface area (Å²) in [5, 5.41) is 7.16. The summed E-state index contributed by atoms with van der Waals surface area (Å²) in [6, 6.07) is 5.67. The Morgan fingerprint density at radius 3 is 2.58 bits per heavy atom. The van der Waals surface area contributed by atoms with Gasteiger partial charge in [-0.1, -0.05) is 6.92 Å². The van der Waals surface area contributed by atoms with E-state index in [1.54, 1.807) is 4.52 Å². The number of aromatic nitrogens is 4. The Morgan fingerprint density at radius 2 is 1.92 bits per heavy atom. The number of hydrogen-bond acceptors (Lipinski definition) is 4. The second-order valence-electron chi connectivity index (χ2n) is 5.59. The van der Waals surface area contributed by atoms with E-state index in [9.17, 15) is 9.18 Å². The molecule has 0 saturated carbocycles. The number of carbonyl (C=O) groups is 1. The highest BCUT2D eigenvalue weighted by atomic mass is 19.1. The first-order valence-electron chi connectivity index (χ1n) is 7.75. The molecule has 3 aromatic rings. The first-order chi connectivity index (χ1) is 11.5. The van der Waals surface area contributed by atoms with Crippen molar-refractivity contribution >= 4 is 17.4 Å². The minimum absolute atomic E-state index is 0.166. The molecule has 3 rings (SSSR count). The number of nitrogens with zero attached hydrogens (tertiary/aromatic N) is 4. The first-order valence-corrected chi connectivity index (χ1v) is 7.75. The number of aryl methyl sites for hydroxylation is 3. The molecule has 0 aliphatic heterocycles. The number of amides is 1. The monoisotopic (exact) mass is 327 g/mol. The second kappa shape index (κ2) is 6.35. The van der Waals surface area contributed by atoms with Crippen LogP contribution in [0.1, 0.15) is 29.7 Å². The van der Waals surface area contributed by atoms with Gasteiger partial charge in [0.25, 0.3) is 5.78 Å². The molecule has 0 spiro atoms. The Bertz CT molecular complexity index is 901. The zero-order valence-corrected chi connectivity index (χ0v) is 13.8. The highest BCUT2D eigenvalue weighted by Gasteiger charge is 2.15. The fraction of sp³-hybridized carbons (Fsp3) is 0.294. The zero-order valence-electron chi connectivity index (χ0n) is 13.8. The summed E-state index contributed by atoms with van der Waals surface area (Å²) in [7, 11) is 0. The van der Waals surface area contributed by atoms with Crippen LogP contribution in [0.15, 0.2) is 24.3 Å². The van der Waals surface area contributed by atoms with E-state index in [1.807, 2.05) is 20.8 Å². The quantitative estimate of drug-likeness (QED) is 0.799. The molecule has 0 radical (unpaired) electrons. The van der Waals surface area contributed by atoms with E-state index >= 15 is 0 Å². The highest BCUT2D eigenvalue weighted by molar-refractivity contribution is 5.92. The van der Waals surface area contributed by atoms with Gasteiger partial charge in [-0.3, -0.25) is 4.79 Å². The van der Waals surface area contributed by atoms with Crippen LogP contribution in [-0.2, 0) is 17.6 Å². The van der Waals surface area contributed by atoms with Gasteiger partial charge in [-0.05, 0) is 38.1 Å². The van der Waals surface area contributed by atoms with E-state index in [0.29, 0.717) is 11.5 Å². The van der Waals surface area contributed by atoms with Crippen LogP contribution in [0.2, 0.25) is 0 Å². The van der Waals surface area contributed by atoms with Crippen molar-refractivity contribution in [2.24, 2.45) is 0 Å². The molecule has 1 amide bonds. The van der Waals surface area contributed by atoms with Gasteiger partial charge in [0.2, 0.25) is 5.91 Å². The van der Waals surface area contributed by atoms with Gasteiger partial charge in [0.05, 0.1) is 6.42 Å². The standard InChI is InChI=1S/C17H18FN5O/c1-4-15-21-17-19-10(2)14(11(3)23(17)22-15)9-16(24)20-13-7-5-12(18)6-8-13/h5-8H,4,9H2,1-3H3,(H,20,24). The van der Waals surface area contributed by atoms with Gasteiger partial charge < -0.3 is 5.32 Å². The van der Waals surface area contributed by atoms with Crippen LogP contribution in [-0.4, -0.2) is 25.5 Å². The molecule has 124 valence electrons. The molecule has 0 bridgehead atoms. The number of anilines is 1. The minimum atomic E-state index is -0.341. The summed E-state index contributed by atoms with van der Waals surface area (Å²) in [5.41, 5.74) is 2.97. The molecule has 0 atom stereocenters. The van der Waals surface area contributed by atoms with E-state index in [1.165, 1.54) is 24.3 Å². The lowest BCUT2D eigenvalue weighted by atomic mass is 10.1. The van der Waals surface area contributed by atoms with Crippen LogP contribution in [0.3, 0.4) is 0 Å². The summed E-state index contributed by atoms with van der Waals surface area (Å²) in [5.74, 6) is 0.736. The number of hydrogen-bond donors (Lipinski definition) is 1. The topological polar surface area (TPSA) is 72.2 Å². The average molecular weight is 327 g/mol. The predicted molar refractivity (Wildman–Crippen MR) is 88.4 cm³/mol. The van der Waals surface area contributed by atoms with Crippen molar-refractivity contribution in [1.29, 1.82) is 0 Å². The third kappa shape index (κ3) is 3.10. The lowest BCUT2D eigenvalue weighted by Crippen LogP contribution is -2.17. The Kier molecular flexibility index (Phi) is 4.24. The largest absolute Gasteiger partial charge is 0.326 e. The SMILES string of the molecule is CCc1nc2nc(C)c(CC(=O)Nc3ccc(F)cc3)c(C)n2n1. The molecule has 2 heterocycles. The van der Waals surface area contributed by atoms with Gasteiger partial charge in [-0.15, -0.1) is 5.10 Å². The maximum Gasteiger partial charge on any atom is 0.252 e. The van der Waals surface area contributed by atoms with Gasteiger partial charge in [0, 0.05) is 29.1 Å². The molecule has 6 nitrogen and oxygen atoms in total. The molecule has 0 aliphatic carbocycles. The van der Waals surface area contributed by atoms with Gasteiger partial charge in [-0.25, -0.2) is 13.9 Å². The summed E-state index contributed by atoms with van der Waals surface area (Å²) in [6.45, 7) is 5.73. The van der Waals surface area contributed by atoms with Crippen molar-refractivity contribution in [3.8, 4) is 0 Å². The molecule has 0 saturated heterocycles. The third-order valence-corrected chi connectivity index (χ3v) is 3.87. The highest BCUT2D eigenvalue weighted by Crippen LogP contribution is 2.16. The van der Waals surface area contributed by atoms with Crippen LogP contribution < -0.4 is 5.32 Å². The van der Waals surface area contributed by atoms with Gasteiger partial charge in [0.15, 0.2) is 5.82 Å². The molecular weight excluding hydrogens is 309 g/mol. The third-order valence-electron chi connectivity index (χ3n) is 3.87. The molecule has 0 aliphatic rings. The van der Waals surface area contributed by atoms with Crippen molar-refractivity contribution in [2.45, 2.75) is 33.6 Å². The van der Waals surface area contributed by atoms with Gasteiger partial charge in [0.1, 0.15) is 5.82 Å². The maximum atomic E-state index is 12.9. The molecule has 0 unspecified atom stereocenters. The van der Waals surface area contributed by atoms with Crippen LogP contribution in [0.5, 0.6) is 0 Å². The number of nitrogens with one attached hydrogen (secondary N) is 1. The smallest absolute Gasteiger partial charge is 0.252 e. The van der Waals surface area contributed by atoms with Crippen LogP contribution >= 0.6 is 0 Å². The molecule has 7 heteroatoms. The van der Waals surface area contributed by atoms with Crippen LogP contribution in [0.25, 0.3) is 5.78 Å². The average Bonchev–Trinajstić information content (AvgIpc) is 2.97. The van der Waals surface area contributed by atoms with Gasteiger partial charge >= 0.3 is 0 Å². The molecule has 24 heavy (non-hydrogen) atoms. The Morgan fingerprint density at radius 1 is 1.21 bits per heavy atom. The summed E-state index contributed by atoms with van der Waals surface area (Å²) >= 11 is 0. The Hall–Kier alpha value is -2.83. The van der Waals surface area contributed by atoms with Crippen molar-refractivity contribution < 1.29 is 9.18 Å². The van der Waals surface area contributed by atoms with Crippen molar-refractivity contribution in [2.75, 3.05) is 5.32 Å². The minimum Gasteiger partial charge on any atom is -0.326 e. The number of rotatable bonds is 4. The normalized spacial score (nSPS) is 11.0. The van der Waals surface area contributed by atoms with E-state index in [2.05, 4.69) is 20.4 Å². The summed E-state index contributed by atoms with van der Waals surface area (Å²) < 4.78 is 14.6. The molecule has 0 fully saturated rings. The molecule has 1 aromatic carbocycles. The Balaban J connectivity index is 1.86.